The minimum Gasteiger partial charge on any atom is -0.466 e. The summed E-state index contributed by atoms with van der Waals surface area (Å²) in [6.07, 6.45) is 0. The van der Waals surface area contributed by atoms with Gasteiger partial charge in [0.1, 0.15) is 5.70 Å². The minimum atomic E-state index is -0.596. The number of aliphatic hydroxyl groups is 1. The third kappa shape index (κ3) is 3.90. The van der Waals surface area contributed by atoms with E-state index in [-0.39, 0.29) is 42.8 Å². The number of rotatable bonds is 6. The lowest BCUT2D eigenvalue weighted by Gasteiger charge is -2.15. The zero-order valence-electron chi connectivity index (χ0n) is 13.5. The van der Waals surface area contributed by atoms with E-state index in [9.17, 15) is 14.4 Å². The van der Waals surface area contributed by atoms with Crippen molar-refractivity contribution in [2.45, 2.75) is 6.92 Å². The number of amides is 2. The molecule has 1 heterocycles. The molecule has 0 unspecified atom stereocenters. The van der Waals surface area contributed by atoms with E-state index in [1.807, 2.05) is 0 Å². The molecule has 128 valence electrons. The molecule has 3 N–H and O–H groups in total. The van der Waals surface area contributed by atoms with E-state index in [1.165, 1.54) is 18.9 Å². The number of esters is 1. The van der Waals surface area contributed by atoms with E-state index in [0.717, 1.165) is 0 Å². The van der Waals surface area contributed by atoms with Crippen LogP contribution in [0.2, 0.25) is 0 Å². The molecule has 8 heteroatoms. The number of nitrogens with zero attached hydrogens (tertiary/aromatic N) is 1. The van der Waals surface area contributed by atoms with Crippen LogP contribution in [0.25, 0.3) is 0 Å². The fourth-order valence-electron chi connectivity index (χ4n) is 2.33. The maximum atomic E-state index is 12.4. The standard InChI is InChI=1S/C16H19N3O5/c1-10(21)17-11-3-5-12(6-4-11)18-14-13(16(23)24-2)9-19(7-8-20)15(14)22/h3-6,18,20H,7-9H2,1-2H3,(H,17,21). The predicted molar refractivity (Wildman–Crippen MR) is 87.1 cm³/mol. The Hall–Kier alpha value is -2.87. The van der Waals surface area contributed by atoms with E-state index >= 15 is 0 Å². The maximum absolute atomic E-state index is 12.4. The van der Waals surface area contributed by atoms with Gasteiger partial charge in [0.05, 0.1) is 25.8 Å². The Kier molecular flexibility index (Phi) is 5.54. The number of carbonyl (C=O) groups is 3. The summed E-state index contributed by atoms with van der Waals surface area (Å²) in [7, 11) is 1.24. The van der Waals surface area contributed by atoms with Crippen molar-refractivity contribution in [1.29, 1.82) is 0 Å². The molecule has 2 rings (SSSR count). The highest BCUT2D eigenvalue weighted by molar-refractivity contribution is 6.08. The molecule has 1 aromatic rings. The number of nitrogens with one attached hydrogen (secondary N) is 2. The first-order valence-corrected chi connectivity index (χ1v) is 7.32. The van der Waals surface area contributed by atoms with Crippen LogP contribution < -0.4 is 10.6 Å². The fraction of sp³-hybridized carbons (Fsp3) is 0.312. The third-order valence-electron chi connectivity index (χ3n) is 3.43. The van der Waals surface area contributed by atoms with Crippen molar-refractivity contribution in [3.05, 3.63) is 35.5 Å². The molecule has 0 aliphatic carbocycles. The number of methoxy groups -OCH3 is 1. The second kappa shape index (κ2) is 7.60. The molecule has 0 atom stereocenters. The normalized spacial score (nSPS) is 14.0. The number of hydrogen-bond acceptors (Lipinski definition) is 6. The van der Waals surface area contributed by atoms with Crippen LogP contribution in [-0.4, -0.2) is 54.6 Å². The zero-order valence-corrected chi connectivity index (χ0v) is 13.5. The first-order valence-electron chi connectivity index (χ1n) is 7.32. The van der Waals surface area contributed by atoms with Gasteiger partial charge in [-0.05, 0) is 24.3 Å². The Labute approximate surface area is 139 Å². The summed E-state index contributed by atoms with van der Waals surface area (Å²) in [6.45, 7) is 1.43. The zero-order chi connectivity index (χ0) is 17.7. The van der Waals surface area contributed by atoms with Crippen molar-refractivity contribution in [1.82, 2.24) is 4.90 Å². The lowest BCUT2D eigenvalue weighted by Crippen LogP contribution is -2.31. The van der Waals surface area contributed by atoms with Gasteiger partial charge in [0.2, 0.25) is 5.91 Å². The Morgan fingerprint density at radius 2 is 1.88 bits per heavy atom. The molecule has 0 bridgehead atoms. The minimum absolute atomic E-state index is 0.0817. The number of β-amino-alcohol motifs (C(OH)–C–C–N with tert-alkyl or cyclic N) is 1. The van der Waals surface area contributed by atoms with E-state index in [4.69, 9.17) is 9.84 Å². The number of hydrogen-bond donors (Lipinski definition) is 3. The third-order valence-corrected chi connectivity index (χ3v) is 3.43. The summed E-state index contributed by atoms with van der Waals surface area (Å²) in [5, 5.41) is 14.6. The summed E-state index contributed by atoms with van der Waals surface area (Å²) in [6, 6.07) is 6.70. The number of benzene rings is 1. The topological polar surface area (TPSA) is 108 Å². The average molecular weight is 333 g/mol. The largest absolute Gasteiger partial charge is 0.466 e. The molecule has 2 amide bonds. The van der Waals surface area contributed by atoms with Crippen LogP contribution in [-0.2, 0) is 19.1 Å². The molecule has 0 aromatic heterocycles. The summed E-state index contributed by atoms with van der Waals surface area (Å²) in [4.78, 5) is 36.6. The van der Waals surface area contributed by atoms with Crippen LogP contribution in [0, 0.1) is 0 Å². The Bertz CT molecular complexity index is 681. The molecular weight excluding hydrogens is 314 g/mol. The average Bonchev–Trinajstić information content (AvgIpc) is 2.85. The van der Waals surface area contributed by atoms with Crippen LogP contribution in [0.4, 0.5) is 11.4 Å². The lowest BCUT2D eigenvalue weighted by molar-refractivity contribution is -0.136. The van der Waals surface area contributed by atoms with Crippen molar-refractivity contribution >= 4 is 29.2 Å². The van der Waals surface area contributed by atoms with Crippen molar-refractivity contribution in [2.75, 3.05) is 37.4 Å². The van der Waals surface area contributed by atoms with Crippen molar-refractivity contribution in [2.24, 2.45) is 0 Å². The highest BCUT2D eigenvalue weighted by atomic mass is 16.5. The van der Waals surface area contributed by atoms with Crippen LogP contribution in [0.3, 0.4) is 0 Å². The summed E-state index contributed by atoms with van der Waals surface area (Å²) < 4.78 is 4.71. The van der Waals surface area contributed by atoms with Crippen LogP contribution in [0.15, 0.2) is 35.5 Å². The van der Waals surface area contributed by atoms with E-state index in [2.05, 4.69) is 10.6 Å². The number of ether oxygens (including phenoxy) is 1. The quantitative estimate of drug-likeness (QED) is 0.647. The molecule has 1 aliphatic heterocycles. The molecule has 0 radical (unpaired) electrons. The Balaban J connectivity index is 2.21. The molecule has 0 saturated heterocycles. The van der Waals surface area contributed by atoms with E-state index in [1.54, 1.807) is 24.3 Å². The van der Waals surface area contributed by atoms with Gasteiger partial charge in [0, 0.05) is 24.8 Å². The first-order chi connectivity index (χ1) is 11.5. The van der Waals surface area contributed by atoms with Gasteiger partial charge in [-0.15, -0.1) is 0 Å². The number of carbonyl (C=O) groups excluding carboxylic acids is 3. The highest BCUT2D eigenvalue weighted by Gasteiger charge is 2.34. The molecule has 8 nitrogen and oxygen atoms in total. The molecule has 0 spiro atoms. The fourth-order valence-corrected chi connectivity index (χ4v) is 2.33. The summed E-state index contributed by atoms with van der Waals surface area (Å²) in [5.74, 6) is -1.16. The molecular formula is C16H19N3O5. The first kappa shape index (κ1) is 17.5. The van der Waals surface area contributed by atoms with Crippen LogP contribution in [0.1, 0.15) is 6.92 Å². The number of aliphatic hydroxyl groups excluding tert-OH is 1. The van der Waals surface area contributed by atoms with Gasteiger partial charge in [-0.25, -0.2) is 4.79 Å². The monoisotopic (exact) mass is 333 g/mol. The second-order valence-electron chi connectivity index (χ2n) is 5.18. The van der Waals surface area contributed by atoms with Gasteiger partial charge in [-0.1, -0.05) is 0 Å². The van der Waals surface area contributed by atoms with E-state index < -0.39 is 5.97 Å². The molecule has 0 fully saturated rings. The van der Waals surface area contributed by atoms with Crippen molar-refractivity contribution < 1.29 is 24.2 Å². The second-order valence-corrected chi connectivity index (χ2v) is 5.18. The predicted octanol–water partition coefficient (Wildman–Crippen LogP) is 0.318. The maximum Gasteiger partial charge on any atom is 0.337 e. The van der Waals surface area contributed by atoms with Gasteiger partial charge >= 0.3 is 5.97 Å². The smallest absolute Gasteiger partial charge is 0.337 e. The van der Waals surface area contributed by atoms with Gasteiger partial charge in [0.15, 0.2) is 0 Å². The van der Waals surface area contributed by atoms with Gasteiger partial charge < -0.3 is 25.4 Å². The summed E-state index contributed by atoms with van der Waals surface area (Å²) in [5.41, 5.74) is 1.54. The van der Waals surface area contributed by atoms with Gasteiger partial charge in [0.25, 0.3) is 5.91 Å². The molecule has 1 aromatic carbocycles. The molecule has 0 saturated carbocycles. The van der Waals surface area contributed by atoms with Crippen molar-refractivity contribution in [3.63, 3.8) is 0 Å². The molecule has 1 aliphatic rings. The molecule has 24 heavy (non-hydrogen) atoms. The SMILES string of the molecule is COC(=O)C1=C(Nc2ccc(NC(C)=O)cc2)C(=O)N(CCO)C1. The van der Waals surface area contributed by atoms with Gasteiger partial charge in [-0.3, -0.25) is 9.59 Å². The lowest BCUT2D eigenvalue weighted by atomic mass is 10.2. The van der Waals surface area contributed by atoms with E-state index in [0.29, 0.717) is 11.4 Å². The van der Waals surface area contributed by atoms with Crippen molar-refractivity contribution in [3.8, 4) is 0 Å². The summed E-state index contributed by atoms with van der Waals surface area (Å²) >= 11 is 0. The highest BCUT2D eigenvalue weighted by Crippen LogP contribution is 2.23. The Morgan fingerprint density at radius 1 is 1.25 bits per heavy atom. The number of anilines is 2. The van der Waals surface area contributed by atoms with Crippen LogP contribution >= 0.6 is 0 Å². The van der Waals surface area contributed by atoms with Crippen LogP contribution in [0.5, 0.6) is 0 Å². The Morgan fingerprint density at radius 3 is 2.42 bits per heavy atom. The van der Waals surface area contributed by atoms with Gasteiger partial charge in [-0.2, -0.15) is 0 Å².